The topological polar surface area (TPSA) is 24.6 Å². The summed E-state index contributed by atoms with van der Waals surface area (Å²) >= 11 is 4.62. The standard InChI is InChI=1S/C19H29NOS/c1-17-8-7-16(22)20-15(17)4-3-12-13(17)5-9-18(2)14(12)6-10-19(18)11-21-19/h7-8,12-16,20,22H,3-6,9-11H2,1-2H3/t12?,13?,14?,15?,16?,17-,18?,19?/m0/s1. The molecule has 0 bridgehead atoms. The second kappa shape index (κ2) is 4.34. The summed E-state index contributed by atoms with van der Waals surface area (Å²) in [6.45, 7) is 6.11. The van der Waals surface area contributed by atoms with E-state index in [1.807, 2.05) is 0 Å². The summed E-state index contributed by atoms with van der Waals surface area (Å²) in [5.74, 6) is 2.66. The number of fused-ring (bicyclic) bond motifs is 6. The molecule has 0 aromatic heterocycles. The third-order valence-corrected chi connectivity index (χ3v) is 8.89. The van der Waals surface area contributed by atoms with Gasteiger partial charge in [-0.1, -0.05) is 26.0 Å². The van der Waals surface area contributed by atoms with Gasteiger partial charge in [-0.05, 0) is 56.3 Å². The van der Waals surface area contributed by atoms with Crippen molar-refractivity contribution in [2.24, 2.45) is 28.6 Å². The molecule has 4 fully saturated rings. The van der Waals surface area contributed by atoms with Crippen LogP contribution in [-0.2, 0) is 4.74 Å². The summed E-state index contributed by atoms with van der Waals surface area (Å²) < 4.78 is 6.02. The van der Waals surface area contributed by atoms with Gasteiger partial charge in [-0.15, -0.1) is 0 Å². The Bertz CT molecular complexity index is 530. The molecule has 3 heteroatoms. The van der Waals surface area contributed by atoms with Gasteiger partial charge in [-0.25, -0.2) is 0 Å². The molecule has 5 aliphatic rings. The van der Waals surface area contributed by atoms with Crippen LogP contribution < -0.4 is 5.32 Å². The molecule has 5 rings (SSSR count). The van der Waals surface area contributed by atoms with Gasteiger partial charge in [0.1, 0.15) is 0 Å². The molecule has 1 N–H and O–H groups in total. The highest BCUT2D eigenvalue weighted by Crippen LogP contribution is 2.69. The van der Waals surface area contributed by atoms with Gasteiger partial charge in [0, 0.05) is 16.9 Å². The van der Waals surface area contributed by atoms with E-state index in [0.717, 1.165) is 24.4 Å². The number of rotatable bonds is 0. The van der Waals surface area contributed by atoms with Crippen LogP contribution in [0.5, 0.6) is 0 Å². The van der Waals surface area contributed by atoms with Gasteiger partial charge < -0.3 is 4.74 Å². The lowest BCUT2D eigenvalue weighted by molar-refractivity contribution is -0.0713. The predicted molar refractivity (Wildman–Crippen MR) is 91.9 cm³/mol. The number of thiol groups is 1. The van der Waals surface area contributed by atoms with Crippen LogP contribution in [0.2, 0.25) is 0 Å². The van der Waals surface area contributed by atoms with E-state index in [2.05, 4.69) is 43.9 Å². The van der Waals surface area contributed by atoms with Crippen LogP contribution in [0.1, 0.15) is 52.4 Å². The molecule has 1 saturated heterocycles. The van der Waals surface area contributed by atoms with E-state index in [1.54, 1.807) is 0 Å². The number of hydrogen-bond acceptors (Lipinski definition) is 3. The normalized spacial score (nSPS) is 62.4. The van der Waals surface area contributed by atoms with Crippen LogP contribution in [0.15, 0.2) is 12.2 Å². The van der Waals surface area contributed by atoms with Gasteiger partial charge in [0.25, 0.3) is 0 Å². The second-order valence-electron chi connectivity index (χ2n) is 9.12. The zero-order valence-corrected chi connectivity index (χ0v) is 14.7. The van der Waals surface area contributed by atoms with E-state index in [-0.39, 0.29) is 11.0 Å². The van der Waals surface area contributed by atoms with Gasteiger partial charge in [0.2, 0.25) is 0 Å². The van der Waals surface area contributed by atoms with Crippen molar-refractivity contribution in [2.45, 2.75) is 69.4 Å². The third kappa shape index (κ3) is 1.61. The first kappa shape index (κ1) is 14.4. The molecule has 7 unspecified atom stereocenters. The van der Waals surface area contributed by atoms with Gasteiger partial charge in [-0.3, -0.25) is 5.32 Å². The van der Waals surface area contributed by atoms with E-state index in [1.165, 1.54) is 38.5 Å². The Morgan fingerprint density at radius 2 is 1.86 bits per heavy atom. The van der Waals surface area contributed by atoms with Crippen LogP contribution in [-0.4, -0.2) is 23.6 Å². The predicted octanol–water partition coefficient (Wildman–Crippen LogP) is 3.78. The molecule has 3 saturated carbocycles. The van der Waals surface area contributed by atoms with E-state index in [9.17, 15) is 0 Å². The Hall–Kier alpha value is 0.01000. The van der Waals surface area contributed by atoms with Crippen LogP contribution >= 0.6 is 12.6 Å². The van der Waals surface area contributed by atoms with Crippen molar-refractivity contribution in [3.05, 3.63) is 12.2 Å². The van der Waals surface area contributed by atoms with Crippen molar-refractivity contribution in [1.29, 1.82) is 0 Å². The van der Waals surface area contributed by atoms with Gasteiger partial charge in [0.15, 0.2) is 0 Å². The Morgan fingerprint density at radius 3 is 2.64 bits per heavy atom. The Morgan fingerprint density at radius 1 is 1.09 bits per heavy atom. The maximum Gasteiger partial charge on any atom is 0.0972 e. The van der Waals surface area contributed by atoms with Crippen molar-refractivity contribution in [2.75, 3.05) is 6.61 Å². The zero-order valence-electron chi connectivity index (χ0n) is 13.8. The average Bonchev–Trinajstić information content (AvgIpc) is 3.22. The van der Waals surface area contributed by atoms with Crippen molar-refractivity contribution >= 4 is 12.6 Å². The summed E-state index contributed by atoms with van der Waals surface area (Å²) in [5.41, 5.74) is 1.09. The second-order valence-corrected chi connectivity index (χ2v) is 9.68. The Kier molecular flexibility index (Phi) is 2.84. The first-order valence-corrected chi connectivity index (χ1v) is 9.78. The maximum atomic E-state index is 6.02. The van der Waals surface area contributed by atoms with E-state index in [4.69, 9.17) is 4.74 Å². The monoisotopic (exact) mass is 319 g/mol. The SMILES string of the molecule is CC12CCC3C(CCC4NC(S)C=C[C@]43C)C1CCC21CO1. The molecule has 2 aliphatic heterocycles. The average molecular weight is 320 g/mol. The summed E-state index contributed by atoms with van der Waals surface area (Å²) in [7, 11) is 0. The summed E-state index contributed by atoms with van der Waals surface area (Å²) in [4.78, 5) is 0. The molecule has 8 atom stereocenters. The van der Waals surface area contributed by atoms with Crippen LogP contribution in [0.25, 0.3) is 0 Å². The van der Waals surface area contributed by atoms with E-state index < -0.39 is 0 Å². The van der Waals surface area contributed by atoms with Crippen molar-refractivity contribution in [3.8, 4) is 0 Å². The van der Waals surface area contributed by atoms with Gasteiger partial charge in [-0.2, -0.15) is 12.6 Å². The van der Waals surface area contributed by atoms with Crippen LogP contribution in [0.3, 0.4) is 0 Å². The first-order chi connectivity index (χ1) is 10.5. The smallest absolute Gasteiger partial charge is 0.0972 e. The fraction of sp³-hybridized carbons (Fsp3) is 0.895. The quantitative estimate of drug-likeness (QED) is 0.403. The largest absolute Gasteiger partial charge is 0.369 e. The minimum absolute atomic E-state index is 0.248. The lowest BCUT2D eigenvalue weighted by Crippen LogP contribution is -2.59. The van der Waals surface area contributed by atoms with E-state index >= 15 is 0 Å². The summed E-state index contributed by atoms with van der Waals surface area (Å²) in [6, 6.07) is 0.623. The van der Waals surface area contributed by atoms with Crippen LogP contribution in [0.4, 0.5) is 0 Å². The molecule has 0 aromatic rings. The molecular formula is C19H29NOS. The Balaban J connectivity index is 1.50. The number of hydrogen-bond donors (Lipinski definition) is 2. The molecule has 0 amide bonds. The highest BCUT2D eigenvalue weighted by atomic mass is 32.1. The van der Waals surface area contributed by atoms with Crippen molar-refractivity contribution in [1.82, 2.24) is 5.32 Å². The lowest BCUT2D eigenvalue weighted by atomic mass is 9.48. The fourth-order valence-corrected chi connectivity index (χ4v) is 7.37. The third-order valence-electron chi connectivity index (χ3n) is 8.57. The summed E-state index contributed by atoms with van der Waals surface area (Å²) in [6.07, 6.45) is 13.0. The Labute approximate surface area is 139 Å². The molecule has 2 nitrogen and oxygen atoms in total. The number of nitrogens with one attached hydrogen (secondary N) is 1. The zero-order chi connectivity index (χ0) is 15.2. The lowest BCUT2D eigenvalue weighted by Gasteiger charge is -2.59. The molecule has 0 radical (unpaired) electrons. The molecular weight excluding hydrogens is 290 g/mol. The highest BCUT2D eigenvalue weighted by molar-refractivity contribution is 7.81. The molecule has 122 valence electrons. The van der Waals surface area contributed by atoms with E-state index in [0.29, 0.717) is 16.9 Å². The highest BCUT2D eigenvalue weighted by Gasteiger charge is 2.69. The maximum absolute atomic E-state index is 6.02. The van der Waals surface area contributed by atoms with Gasteiger partial charge in [0.05, 0.1) is 17.6 Å². The number of ether oxygens (including phenoxy) is 1. The molecule has 22 heavy (non-hydrogen) atoms. The van der Waals surface area contributed by atoms with Crippen LogP contribution in [0, 0.1) is 28.6 Å². The molecule has 1 spiro atoms. The molecule has 3 aliphatic carbocycles. The minimum atomic E-state index is 0.248. The van der Waals surface area contributed by atoms with Crippen molar-refractivity contribution in [3.63, 3.8) is 0 Å². The molecule has 0 aromatic carbocycles. The summed E-state index contributed by atoms with van der Waals surface area (Å²) in [5, 5.41) is 3.99. The minimum Gasteiger partial charge on any atom is -0.369 e. The first-order valence-electron chi connectivity index (χ1n) is 9.26. The number of epoxide rings is 1. The molecule has 2 heterocycles. The fourth-order valence-electron chi connectivity index (χ4n) is 7.11. The van der Waals surface area contributed by atoms with Crippen molar-refractivity contribution < 1.29 is 4.74 Å². The van der Waals surface area contributed by atoms with Gasteiger partial charge >= 0.3 is 0 Å².